The maximum Gasteiger partial charge on any atom is 0.203 e. The summed E-state index contributed by atoms with van der Waals surface area (Å²) in [5.74, 6) is 1.32. The van der Waals surface area contributed by atoms with Gasteiger partial charge in [-0.05, 0) is 37.1 Å². The molecule has 3 aromatic rings. The van der Waals surface area contributed by atoms with E-state index in [4.69, 9.17) is 5.26 Å². The zero-order valence-corrected chi connectivity index (χ0v) is 11.1. The molecule has 7 heteroatoms. The van der Waals surface area contributed by atoms with Gasteiger partial charge in [0.25, 0.3) is 0 Å². The minimum atomic E-state index is 0.523. The van der Waals surface area contributed by atoms with Gasteiger partial charge in [0.15, 0.2) is 5.65 Å². The Morgan fingerprint density at radius 2 is 2.14 bits per heavy atom. The third-order valence-corrected chi connectivity index (χ3v) is 3.31. The van der Waals surface area contributed by atoms with Gasteiger partial charge in [0.05, 0.1) is 11.6 Å². The van der Waals surface area contributed by atoms with Crippen molar-refractivity contribution in [1.29, 1.82) is 5.26 Å². The molecule has 0 saturated heterocycles. The molecule has 0 atom stereocenters. The van der Waals surface area contributed by atoms with Gasteiger partial charge >= 0.3 is 0 Å². The molecule has 1 aliphatic rings. The van der Waals surface area contributed by atoms with Gasteiger partial charge in [-0.15, -0.1) is 15.3 Å². The van der Waals surface area contributed by atoms with E-state index in [9.17, 15) is 0 Å². The van der Waals surface area contributed by atoms with Crippen LogP contribution in [0.2, 0.25) is 0 Å². The van der Waals surface area contributed by atoms with Crippen LogP contribution in [0.1, 0.15) is 18.4 Å². The number of rotatable bonds is 3. The van der Waals surface area contributed by atoms with Crippen molar-refractivity contribution < 1.29 is 0 Å². The quantitative estimate of drug-likeness (QED) is 0.782. The van der Waals surface area contributed by atoms with Gasteiger partial charge in [0, 0.05) is 12.2 Å². The Bertz CT molecular complexity index is 857. The Hall–Kier alpha value is -3.01. The second kappa shape index (κ2) is 4.52. The summed E-state index contributed by atoms with van der Waals surface area (Å²) in [6.45, 7) is 0. The van der Waals surface area contributed by atoms with Gasteiger partial charge in [-0.2, -0.15) is 9.78 Å². The highest BCUT2D eigenvalue weighted by Crippen LogP contribution is 2.24. The largest absolute Gasteiger partial charge is 0.366 e. The molecule has 0 spiro atoms. The summed E-state index contributed by atoms with van der Waals surface area (Å²) in [6.07, 6.45) is 3.95. The first kappa shape index (κ1) is 11.8. The lowest BCUT2D eigenvalue weighted by atomic mass is 10.2. The first-order valence-electron chi connectivity index (χ1n) is 6.69. The number of aromatic nitrogens is 5. The predicted molar refractivity (Wildman–Crippen MR) is 75.4 cm³/mol. The van der Waals surface area contributed by atoms with Crippen molar-refractivity contribution in [2.45, 2.75) is 18.9 Å². The number of nitrogens with zero attached hydrogens (tertiary/aromatic N) is 6. The molecule has 0 bridgehead atoms. The van der Waals surface area contributed by atoms with Crippen LogP contribution in [0.25, 0.3) is 17.2 Å². The van der Waals surface area contributed by atoms with Crippen molar-refractivity contribution in [3.05, 3.63) is 36.0 Å². The number of hydrogen-bond acceptors (Lipinski definition) is 6. The van der Waals surface area contributed by atoms with Crippen molar-refractivity contribution in [2.24, 2.45) is 0 Å². The zero-order chi connectivity index (χ0) is 14.2. The van der Waals surface area contributed by atoms with Gasteiger partial charge in [-0.1, -0.05) is 0 Å². The molecule has 1 saturated carbocycles. The molecule has 102 valence electrons. The Morgan fingerprint density at radius 3 is 2.95 bits per heavy atom. The minimum absolute atomic E-state index is 0.523. The molecule has 3 heterocycles. The smallest absolute Gasteiger partial charge is 0.203 e. The summed E-state index contributed by atoms with van der Waals surface area (Å²) >= 11 is 0. The van der Waals surface area contributed by atoms with Gasteiger partial charge in [-0.25, -0.2) is 0 Å². The predicted octanol–water partition coefficient (Wildman–Crippen LogP) is 1.63. The Morgan fingerprint density at radius 1 is 1.24 bits per heavy atom. The Kier molecular flexibility index (Phi) is 2.54. The van der Waals surface area contributed by atoms with E-state index in [1.807, 2.05) is 12.1 Å². The summed E-state index contributed by atoms with van der Waals surface area (Å²) in [7, 11) is 0. The molecule has 0 unspecified atom stereocenters. The van der Waals surface area contributed by atoms with Crippen LogP contribution >= 0.6 is 0 Å². The van der Waals surface area contributed by atoms with Crippen LogP contribution in [0, 0.1) is 11.3 Å². The topological polar surface area (TPSA) is 91.8 Å². The molecule has 0 aromatic carbocycles. The highest BCUT2D eigenvalue weighted by molar-refractivity contribution is 5.57. The second-order valence-corrected chi connectivity index (χ2v) is 4.97. The molecule has 21 heavy (non-hydrogen) atoms. The molecule has 1 N–H and O–H groups in total. The van der Waals surface area contributed by atoms with Crippen molar-refractivity contribution in [3.8, 4) is 17.6 Å². The normalized spacial score (nSPS) is 14.0. The number of anilines is 1. The summed E-state index contributed by atoms with van der Waals surface area (Å²) < 4.78 is 1.65. The molecule has 0 amide bonds. The van der Waals surface area contributed by atoms with Crippen LogP contribution in [-0.2, 0) is 0 Å². The number of nitrogens with one attached hydrogen (secondary N) is 1. The number of hydrogen-bond donors (Lipinski definition) is 1. The fraction of sp³-hybridized carbons (Fsp3) is 0.214. The van der Waals surface area contributed by atoms with E-state index in [0.717, 1.165) is 5.82 Å². The van der Waals surface area contributed by atoms with E-state index in [1.54, 1.807) is 22.8 Å². The maximum absolute atomic E-state index is 8.98. The lowest BCUT2D eigenvalue weighted by molar-refractivity contribution is 0.919. The third kappa shape index (κ3) is 2.17. The first-order chi connectivity index (χ1) is 10.3. The van der Waals surface area contributed by atoms with Gasteiger partial charge in [0.1, 0.15) is 11.5 Å². The fourth-order valence-electron chi connectivity index (χ4n) is 2.08. The molecule has 1 aliphatic carbocycles. The van der Waals surface area contributed by atoms with Crippen LogP contribution in [0.4, 0.5) is 5.82 Å². The molecule has 3 aromatic heterocycles. The highest BCUT2D eigenvalue weighted by Gasteiger charge is 2.21. The van der Waals surface area contributed by atoms with Gasteiger partial charge < -0.3 is 5.32 Å². The average Bonchev–Trinajstić information content (AvgIpc) is 3.24. The molecule has 4 rings (SSSR count). The zero-order valence-electron chi connectivity index (χ0n) is 11.1. The van der Waals surface area contributed by atoms with E-state index >= 15 is 0 Å². The van der Waals surface area contributed by atoms with E-state index in [0.29, 0.717) is 28.8 Å². The number of nitriles is 1. The monoisotopic (exact) mass is 277 g/mol. The minimum Gasteiger partial charge on any atom is -0.366 e. The lowest BCUT2D eigenvalue weighted by Crippen LogP contribution is -2.06. The third-order valence-electron chi connectivity index (χ3n) is 3.31. The summed E-state index contributed by atoms with van der Waals surface area (Å²) in [5, 5.41) is 25.0. The molecule has 0 radical (unpaired) electrons. The van der Waals surface area contributed by atoms with Crippen molar-refractivity contribution in [1.82, 2.24) is 24.8 Å². The van der Waals surface area contributed by atoms with Crippen LogP contribution < -0.4 is 5.32 Å². The van der Waals surface area contributed by atoms with Gasteiger partial charge in [0.2, 0.25) is 5.82 Å². The van der Waals surface area contributed by atoms with E-state index in [-0.39, 0.29) is 0 Å². The SMILES string of the molecule is N#Cc1ccnc(-c2nnc3ccc(NC4CC4)nn23)c1. The standard InChI is InChI=1S/C14H11N7/c15-8-9-5-6-16-11(7-9)14-19-18-13-4-3-12(20-21(13)14)17-10-1-2-10/h3-7,10H,1-2H2,(H,17,20). The average molecular weight is 277 g/mol. The molecule has 7 nitrogen and oxygen atoms in total. The summed E-state index contributed by atoms with van der Waals surface area (Å²) in [4.78, 5) is 4.25. The Balaban J connectivity index is 1.81. The van der Waals surface area contributed by atoms with Crippen LogP contribution in [0.15, 0.2) is 30.5 Å². The molecule has 1 fully saturated rings. The Labute approximate surface area is 120 Å². The van der Waals surface area contributed by atoms with Crippen molar-refractivity contribution in [3.63, 3.8) is 0 Å². The summed E-state index contributed by atoms with van der Waals surface area (Å²) in [5.41, 5.74) is 1.76. The van der Waals surface area contributed by atoms with E-state index in [1.165, 1.54) is 12.8 Å². The van der Waals surface area contributed by atoms with Crippen LogP contribution in [0.5, 0.6) is 0 Å². The second-order valence-electron chi connectivity index (χ2n) is 4.97. The van der Waals surface area contributed by atoms with Gasteiger partial charge in [-0.3, -0.25) is 4.98 Å². The van der Waals surface area contributed by atoms with Crippen LogP contribution in [-0.4, -0.2) is 30.8 Å². The lowest BCUT2D eigenvalue weighted by Gasteiger charge is -2.04. The number of pyridine rings is 1. The fourth-order valence-corrected chi connectivity index (χ4v) is 2.08. The molecular formula is C14H11N7. The first-order valence-corrected chi connectivity index (χ1v) is 6.69. The molecule has 0 aliphatic heterocycles. The highest BCUT2D eigenvalue weighted by atomic mass is 15.4. The number of fused-ring (bicyclic) bond motifs is 1. The van der Waals surface area contributed by atoms with Crippen LogP contribution in [0.3, 0.4) is 0 Å². The van der Waals surface area contributed by atoms with Crippen molar-refractivity contribution in [2.75, 3.05) is 5.32 Å². The maximum atomic E-state index is 8.98. The molecular weight excluding hydrogens is 266 g/mol. The van der Waals surface area contributed by atoms with Crippen molar-refractivity contribution >= 4 is 11.5 Å². The summed E-state index contributed by atoms with van der Waals surface area (Å²) in [6, 6.07) is 9.71. The van der Waals surface area contributed by atoms with E-state index in [2.05, 4.69) is 31.7 Å². The van der Waals surface area contributed by atoms with E-state index < -0.39 is 0 Å².